The van der Waals surface area contributed by atoms with Gasteiger partial charge in [0.2, 0.25) is 21.8 Å². The van der Waals surface area contributed by atoms with Gasteiger partial charge in [-0.2, -0.15) is 0 Å². The molecule has 2 amide bonds. The van der Waals surface area contributed by atoms with Gasteiger partial charge in [-0.1, -0.05) is 19.4 Å². The van der Waals surface area contributed by atoms with Crippen molar-refractivity contribution in [3.05, 3.63) is 42.5 Å². The van der Waals surface area contributed by atoms with E-state index in [1.54, 1.807) is 35.2 Å². The van der Waals surface area contributed by atoms with Gasteiger partial charge in [-0.3, -0.25) is 9.59 Å². The highest BCUT2D eigenvalue weighted by atomic mass is 32.2. The number of sulfonamides is 1. The summed E-state index contributed by atoms with van der Waals surface area (Å²) in [7, 11) is -3.66. The van der Waals surface area contributed by atoms with Crippen LogP contribution in [0, 0.1) is 5.92 Å². The van der Waals surface area contributed by atoms with Gasteiger partial charge in [-0.15, -0.1) is 0 Å². The molecule has 176 valence electrons. The molecular formula is C23H27N3O6S. The molecule has 1 fully saturated rings. The second kappa shape index (κ2) is 9.80. The van der Waals surface area contributed by atoms with Crippen molar-refractivity contribution in [2.45, 2.75) is 31.1 Å². The smallest absolute Gasteiger partial charge is 0.240 e. The molecule has 2 aliphatic rings. The quantitative estimate of drug-likeness (QED) is 0.570. The third-order valence-electron chi connectivity index (χ3n) is 5.57. The van der Waals surface area contributed by atoms with Crippen LogP contribution in [0.5, 0.6) is 11.5 Å². The lowest BCUT2D eigenvalue weighted by Crippen LogP contribution is -2.28. The van der Waals surface area contributed by atoms with Crippen LogP contribution in [0.4, 0.5) is 11.4 Å². The first-order valence-electron chi connectivity index (χ1n) is 11.0. The Labute approximate surface area is 193 Å². The molecule has 0 aromatic heterocycles. The van der Waals surface area contributed by atoms with Gasteiger partial charge >= 0.3 is 0 Å². The summed E-state index contributed by atoms with van der Waals surface area (Å²) in [5.41, 5.74) is 1.01. The molecule has 2 aromatic carbocycles. The predicted octanol–water partition coefficient (Wildman–Crippen LogP) is 2.53. The van der Waals surface area contributed by atoms with Crippen LogP contribution in [0.1, 0.15) is 26.2 Å². The lowest BCUT2D eigenvalue weighted by atomic mass is 10.1. The summed E-state index contributed by atoms with van der Waals surface area (Å²) < 4.78 is 38.6. The molecule has 9 nitrogen and oxygen atoms in total. The Balaban J connectivity index is 1.42. The minimum absolute atomic E-state index is 0.0663. The highest BCUT2D eigenvalue weighted by Gasteiger charge is 2.35. The molecule has 4 rings (SSSR count). The number of rotatable bonds is 8. The molecule has 0 spiro atoms. The van der Waals surface area contributed by atoms with E-state index in [1.807, 2.05) is 6.92 Å². The van der Waals surface area contributed by atoms with Crippen molar-refractivity contribution in [3.63, 3.8) is 0 Å². The molecule has 2 heterocycles. The fourth-order valence-corrected chi connectivity index (χ4v) is 4.90. The van der Waals surface area contributed by atoms with E-state index in [1.165, 1.54) is 12.1 Å². The van der Waals surface area contributed by atoms with Crippen LogP contribution in [0.25, 0.3) is 0 Å². The minimum atomic E-state index is -3.66. The van der Waals surface area contributed by atoms with E-state index in [0.29, 0.717) is 42.6 Å². The molecule has 0 radical (unpaired) electrons. The number of carbonyl (C=O) groups excluding carboxylic acids is 2. The number of benzene rings is 2. The van der Waals surface area contributed by atoms with E-state index in [4.69, 9.17) is 9.47 Å². The lowest BCUT2D eigenvalue weighted by molar-refractivity contribution is -0.122. The van der Waals surface area contributed by atoms with Crippen molar-refractivity contribution < 1.29 is 27.5 Å². The number of anilines is 2. The zero-order chi connectivity index (χ0) is 23.4. The minimum Gasteiger partial charge on any atom is -0.486 e. The zero-order valence-corrected chi connectivity index (χ0v) is 19.2. The van der Waals surface area contributed by atoms with E-state index in [9.17, 15) is 18.0 Å². The van der Waals surface area contributed by atoms with Gasteiger partial charge in [0.1, 0.15) is 13.2 Å². The van der Waals surface area contributed by atoms with Crippen LogP contribution in [0.3, 0.4) is 0 Å². The van der Waals surface area contributed by atoms with Gasteiger partial charge in [0.15, 0.2) is 11.5 Å². The van der Waals surface area contributed by atoms with Gasteiger partial charge < -0.3 is 19.7 Å². The maximum Gasteiger partial charge on any atom is 0.240 e. The number of amides is 2. The number of unbranched alkanes of at least 4 members (excludes halogenated alkanes) is 1. The Kier molecular flexibility index (Phi) is 6.85. The van der Waals surface area contributed by atoms with Gasteiger partial charge in [0.05, 0.1) is 10.8 Å². The van der Waals surface area contributed by atoms with Crippen molar-refractivity contribution in [3.8, 4) is 11.5 Å². The molecule has 2 aromatic rings. The van der Waals surface area contributed by atoms with E-state index in [-0.39, 0.29) is 29.7 Å². The van der Waals surface area contributed by atoms with E-state index in [0.717, 1.165) is 12.8 Å². The average Bonchev–Trinajstić information content (AvgIpc) is 3.21. The fraction of sp³-hybridized carbons (Fsp3) is 0.391. The molecule has 2 aliphatic heterocycles. The van der Waals surface area contributed by atoms with Crippen LogP contribution in [-0.4, -0.2) is 46.5 Å². The number of ether oxygens (including phenoxy) is 2. The highest BCUT2D eigenvalue weighted by Crippen LogP contribution is 2.36. The monoisotopic (exact) mass is 473 g/mol. The zero-order valence-electron chi connectivity index (χ0n) is 18.4. The Morgan fingerprint density at radius 1 is 1.12 bits per heavy atom. The average molecular weight is 474 g/mol. The van der Waals surface area contributed by atoms with Crippen molar-refractivity contribution in [2.24, 2.45) is 5.92 Å². The van der Waals surface area contributed by atoms with Gasteiger partial charge in [-0.05, 0) is 36.8 Å². The maximum absolute atomic E-state index is 12.8. The number of fused-ring (bicyclic) bond motifs is 1. The van der Waals surface area contributed by atoms with E-state index in [2.05, 4.69) is 10.0 Å². The van der Waals surface area contributed by atoms with Crippen LogP contribution in [0.2, 0.25) is 0 Å². The van der Waals surface area contributed by atoms with Crippen LogP contribution < -0.4 is 24.4 Å². The van der Waals surface area contributed by atoms with Crippen molar-refractivity contribution in [1.29, 1.82) is 0 Å². The second-order valence-corrected chi connectivity index (χ2v) is 9.77. The highest BCUT2D eigenvalue weighted by molar-refractivity contribution is 7.89. The number of hydrogen-bond donors (Lipinski definition) is 2. The molecular weight excluding hydrogens is 446 g/mol. The topological polar surface area (TPSA) is 114 Å². The first kappa shape index (κ1) is 23.1. The summed E-state index contributed by atoms with van der Waals surface area (Å²) in [5, 5.41) is 2.75. The summed E-state index contributed by atoms with van der Waals surface area (Å²) >= 11 is 0. The molecule has 33 heavy (non-hydrogen) atoms. The Hall–Kier alpha value is -3.11. The predicted molar refractivity (Wildman–Crippen MR) is 123 cm³/mol. The number of nitrogens with zero attached hydrogens (tertiary/aromatic N) is 1. The standard InChI is InChI=1S/C23H27N3O6S/c1-2-3-9-24-33(29,30)19-6-4-5-17(13-19)25-23(28)16-12-22(27)26(15-16)18-7-8-20-21(14-18)32-11-10-31-20/h4-8,13-14,16,24H,2-3,9-12,15H2,1H3,(H,25,28). The number of carbonyl (C=O) groups is 2. The van der Waals surface area contributed by atoms with Gasteiger partial charge in [0, 0.05) is 37.0 Å². The Morgan fingerprint density at radius 2 is 1.91 bits per heavy atom. The summed E-state index contributed by atoms with van der Waals surface area (Å²) in [5.74, 6) is 0.142. The molecule has 1 saturated heterocycles. The molecule has 0 bridgehead atoms. The molecule has 0 aliphatic carbocycles. The second-order valence-electron chi connectivity index (χ2n) is 8.00. The molecule has 1 unspecified atom stereocenters. The normalized spacial score (nSPS) is 17.8. The van der Waals surface area contributed by atoms with E-state index < -0.39 is 15.9 Å². The van der Waals surface area contributed by atoms with Gasteiger partial charge in [-0.25, -0.2) is 13.1 Å². The van der Waals surface area contributed by atoms with Crippen LogP contribution in [-0.2, 0) is 19.6 Å². The first-order valence-corrected chi connectivity index (χ1v) is 12.5. The first-order chi connectivity index (χ1) is 15.9. The van der Waals surface area contributed by atoms with E-state index >= 15 is 0 Å². The molecule has 0 saturated carbocycles. The third kappa shape index (κ3) is 5.28. The Bertz CT molecular complexity index is 1150. The molecule has 1 atom stereocenters. The van der Waals surface area contributed by atoms with Crippen molar-refractivity contribution in [2.75, 3.05) is 36.5 Å². The third-order valence-corrected chi connectivity index (χ3v) is 7.03. The van der Waals surface area contributed by atoms with Crippen molar-refractivity contribution >= 4 is 33.2 Å². The Morgan fingerprint density at radius 3 is 2.70 bits per heavy atom. The van der Waals surface area contributed by atoms with Crippen molar-refractivity contribution in [1.82, 2.24) is 4.72 Å². The van der Waals surface area contributed by atoms with Crippen LogP contribution >= 0.6 is 0 Å². The lowest BCUT2D eigenvalue weighted by Gasteiger charge is -2.22. The number of nitrogens with one attached hydrogen (secondary N) is 2. The van der Waals surface area contributed by atoms with Crippen LogP contribution in [0.15, 0.2) is 47.4 Å². The summed E-state index contributed by atoms with van der Waals surface area (Å²) in [6.45, 7) is 3.48. The van der Waals surface area contributed by atoms with Gasteiger partial charge in [0.25, 0.3) is 0 Å². The summed E-state index contributed by atoms with van der Waals surface area (Å²) in [6, 6.07) is 11.4. The molecule has 10 heteroatoms. The largest absolute Gasteiger partial charge is 0.486 e. The molecule has 2 N–H and O–H groups in total. The summed E-state index contributed by atoms with van der Waals surface area (Å²) in [6.07, 6.45) is 1.68. The fourth-order valence-electron chi connectivity index (χ4n) is 3.78. The SMILES string of the molecule is CCCCNS(=O)(=O)c1cccc(NC(=O)C2CC(=O)N(c3ccc4c(c3)OCCO4)C2)c1. The summed E-state index contributed by atoms with van der Waals surface area (Å²) in [4.78, 5) is 27.1. The number of hydrogen-bond acceptors (Lipinski definition) is 6. The maximum atomic E-state index is 12.8.